The van der Waals surface area contributed by atoms with Crippen molar-refractivity contribution in [1.82, 2.24) is 5.32 Å². The van der Waals surface area contributed by atoms with Gasteiger partial charge in [-0.05, 0) is 37.1 Å². The lowest BCUT2D eigenvalue weighted by Gasteiger charge is -2.08. The summed E-state index contributed by atoms with van der Waals surface area (Å²) in [6, 6.07) is 6.23. The summed E-state index contributed by atoms with van der Waals surface area (Å²) < 4.78 is 10.3. The first-order chi connectivity index (χ1) is 8.27. The standard InChI is InChI=1S/C14H21NO2/c1-4-17-9-5-8-15-11-13-6-7-14(16-3)12(2)10-13/h4,6-7,10,15H,1,5,8-9,11H2,2-3H3. The number of methoxy groups -OCH3 is 1. The van der Waals surface area contributed by atoms with E-state index in [9.17, 15) is 0 Å². The Kier molecular flexibility index (Phi) is 6.18. The van der Waals surface area contributed by atoms with Crippen molar-refractivity contribution in [2.45, 2.75) is 19.9 Å². The number of hydrogen-bond donors (Lipinski definition) is 1. The second kappa shape index (κ2) is 7.74. The molecule has 0 unspecified atom stereocenters. The monoisotopic (exact) mass is 235 g/mol. The summed E-state index contributed by atoms with van der Waals surface area (Å²) in [6.07, 6.45) is 2.47. The van der Waals surface area contributed by atoms with Gasteiger partial charge in [-0.25, -0.2) is 0 Å². The maximum Gasteiger partial charge on any atom is 0.121 e. The number of aryl methyl sites for hydroxylation is 1. The van der Waals surface area contributed by atoms with Crippen LogP contribution < -0.4 is 10.1 Å². The lowest BCUT2D eigenvalue weighted by Crippen LogP contribution is -2.16. The molecule has 0 aromatic heterocycles. The fourth-order valence-corrected chi connectivity index (χ4v) is 1.65. The Bertz CT molecular complexity index is 350. The lowest BCUT2D eigenvalue weighted by molar-refractivity contribution is 0.244. The van der Waals surface area contributed by atoms with Crippen LogP contribution in [0.3, 0.4) is 0 Å². The van der Waals surface area contributed by atoms with E-state index in [0.717, 1.165) is 31.9 Å². The van der Waals surface area contributed by atoms with Crippen molar-refractivity contribution in [2.24, 2.45) is 0 Å². The van der Waals surface area contributed by atoms with E-state index >= 15 is 0 Å². The van der Waals surface area contributed by atoms with Gasteiger partial charge in [-0.1, -0.05) is 18.7 Å². The molecule has 1 rings (SSSR count). The molecule has 0 fully saturated rings. The molecule has 0 bridgehead atoms. The first-order valence-electron chi connectivity index (χ1n) is 5.84. The maximum absolute atomic E-state index is 5.22. The van der Waals surface area contributed by atoms with Crippen LogP contribution in [0.15, 0.2) is 31.0 Å². The van der Waals surface area contributed by atoms with Gasteiger partial charge in [-0.2, -0.15) is 0 Å². The van der Waals surface area contributed by atoms with Gasteiger partial charge in [-0.15, -0.1) is 0 Å². The summed E-state index contributed by atoms with van der Waals surface area (Å²) in [5.41, 5.74) is 2.44. The maximum atomic E-state index is 5.22. The Morgan fingerprint density at radius 1 is 1.41 bits per heavy atom. The third-order valence-electron chi connectivity index (χ3n) is 2.52. The molecule has 1 aromatic carbocycles. The Morgan fingerprint density at radius 2 is 2.24 bits per heavy atom. The van der Waals surface area contributed by atoms with Gasteiger partial charge in [0.1, 0.15) is 5.75 Å². The van der Waals surface area contributed by atoms with Crippen LogP contribution in [0, 0.1) is 6.92 Å². The molecule has 0 saturated carbocycles. The predicted octanol–water partition coefficient (Wildman–Crippen LogP) is 2.64. The second-order valence-corrected chi connectivity index (χ2v) is 3.87. The molecule has 0 radical (unpaired) electrons. The van der Waals surface area contributed by atoms with Crippen LogP contribution >= 0.6 is 0 Å². The SMILES string of the molecule is C=COCCCNCc1ccc(OC)c(C)c1. The molecule has 0 aliphatic heterocycles. The van der Waals surface area contributed by atoms with Crippen LogP contribution in [0.25, 0.3) is 0 Å². The molecule has 0 spiro atoms. The van der Waals surface area contributed by atoms with Crippen LogP contribution in [0.5, 0.6) is 5.75 Å². The average molecular weight is 235 g/mol. The molecule has 17 heavy (non-hydrogen) atoms. The van der Waals surface area contributed by atoms with Crippen molar-refractivity contribution in [1.29, 1.82) is 0 Å². The molecule has 0 saturated heterocycles. The Labute approximate surface area is 103 Å². The summed E-state index contributed by atoms with van der Waals surface area (Å²) in [7, 11) is 1.69. The van der Waals surface area contributed by atoms with Gasteiger partial charge < -0.3 is 14.8 Å². The van der Waals surface area contributed by atoms with Gasteiger partial charge in [0.25, 0.3) is 0 Å². The number of nitrogens with one attached hydrogen (secondary N) is 1. The van der Waals surface area contributed by atoms with Gasteiger partial charge in [0.05, 0.1) is 20.0 Å². The highest BCUT2D eigenvalue weighted by atomic mass is 16.5. The molecule has 1 aromatic rings. The third kappa shape index (κ3) is 4.91. The topological polar surface area (TPSA) is 30.5 Å². The lowest BCUT2D eigenvalue weighted by atomic mass is 10.1. The quantitative estimate of drug-likeness (QED) is 0.555. The van der Waals surface area contributed by atoms with Crippen molar-refractivity contribution in [3.63, 3.8) is 0 Å². The minimum Gasteiger partial charge on any atom is -0.502 e. The Hall–Kier alpha value is -1.48. The molecule has 3 heteroatoms. The number of hydrogen-bond acceptors (Lipinski definition) is 3. The molecule has 0 aliphatic rings. The van der Waals surface area contributed by atoms with Gasteiger partial charge >= 0.3 is 0 Å². The van der Waals surface area contributed by atoms with Gasteiger partial charge in [0, 0.05) is 6.54 Å². The van der Waals surface area contributed by atoms with Crippen LogP contribution in [0.1, 0.15) is 17.5 Å². The Balaban J connectivity index is 2.27. The molecule has 1 N–H and O–H groups in total. The average Bonchev–Trinajstić information content (AvgIpc) is 2.34. The zero-order chi connectivity index (χ0) is 12.5. The fraction of sp³-hybridized carbons (Fsp3) is 0.429. The van der Waals surface area contributed by atoms with Crippen molar-refractivity contribution < 1.29 is 9.47 Å². The minimum absolute atomic E-state index is 0.720. The van der Waals surface area contributed by atoms with Crippen molar-refractivity contribution in [3.8, 4) is 5.75 Å². The molecule has 94 valence electrons. The van der Waals surface area contributed by atoms with Gasteiger partial charge in [0.15, 0.2) is 0 Å². The van der Waals surface area contributed by atoms with E-state index in [-0.39, 0.29) is 0 Å². The normalized spacial score (nSPS) is 10.0. The van der Waals surface area contributed by atoms with E-state index in [2.05, 4.69) is 31.0 Å². The summed E-state index contributed by atoms with van der Waals surface area (Å²) in [5, 5.41) is 3.37. The summed E-state index contributed by atoms with van der Waals surface area (Å²) in [4.78, 5) is 0. The van der Waals surface area contributed by atoms with Crippen LogP contribution in [0.2, 0.25) is 0 Å². The first kappa shape index (κ1) is 13.6. The molecule has 3 nitrogen and oxygen atoms in total. The highest BCUT2D eigenvalue weighted by molar-refractivity contribution is 5.36. The predicted molar refractivity (Wildman–Crippen MR) is 70.2 cm³/mol. The largest absolute Gasteiger partial charge is 0.502 e. The molecule has 0 amide bonds. The van der Waals surface area contributed by atoms with Crippen molar-refractivity contribution in [2.75, 3.05) is 20.3 Å². The van der Waals surface area contributed by atoms with E-state index in [1.54, 1.807) is 7.11 Å². The first-order valence-corrected chi connectivity index (χ1v) is 5.84. The summed E-state index contributed by atoms with van der Waals surface area (Å²) in [5.74, 6) is 0.938. The smallest absolute Gasteiger partial charge is 0.121 e. The van der Waals surface area contributed by atoms with Gasteiger partial charge in [-0.3, -0.25) is 0 Å². The minimum atomic E-state index is 0.720. The number of benzene rings is 1. The van der Waals surface area contributed by atoms with Crippen molar-refractivity contribution >= 4 is 0 Å². The molecule has 0 heterocycles. The van der Waals surface area contributed by atoms with E-state index in [0.29, 0.717) is 0 Å². The fourth-order valence-electron chi connectivity index (χ4n) is 1.65. The van der Waals surface area contributed by atoms with Gasteiger partial charge in [0.2, 0.25) is 0 Å². The Morgan fingerprint density at radius 3 is 2.88 bits per heavy atom. The third-order valence-corrected chi connectivity index (χ3v) is 2.52. The van der Waals surface area contributed by atoms with Crippen LogP contribution in [0.4, 0.5) is 0 Å². The zero-order valence-corrected chi connectivity index (χ0v) is 10.7. The van der Waals surface area contributed by atoms with E-state index in [1.165, 1.54) is 17.4 Å². The number of rotatable bonds is 8. The highest BCUT2D eigenvalue weighted by Crippen LogP contribution is 2.18. The highest BCUT2D eigenvalue weighted by Gasteiger charge is 1.99. The second-order valence-electron chi connectivity index (χ2n) is 3.87. The number of ether oxygens (including phenoxy) is 2. The molecule has 0 atom stereocenters. The van der Waals surface area contributed by atoms with Crippen molar-refractivity contribution in [3.05, 3.63) is 42.2 Å². The van der Waals surface area contributed by atoms with E-state index < -0.39 is 0 Å². The van der Waals surface area contributed by atoms with E-state index in [4.69, 9.17) is 9.47 Å². The molecular formula is C14H21NO2. The van der Waals surface area contributed by atoms with Crippen LogP contribution in [-0.4, -0.2) is 20.3 Å². The summed E-state index contributed by atoms with van der Waals surface area (Å²) in [6.45, 7) is 8.09. The van der Waals surface area contributed by atoms with E-state index in [1.807, 2.05) is 6.07 Å². The summed E-state index contributed by atoms with van der Waals surface area (Å²) >= 11 is 0. The molecule has 0 aliphatic carbocycles. The zero-order valence-electron chi connectivity index (χ0n) is 10.7. The molecular weight excluding hydrogens is 214 g/mol. The van der Waals surface area contributed by atoms with Crippen LogP contribution in [-0.2, 0) is 11.3 Å².